The van der Waals surface area contributed by atoms with E-state index in [9.17, 15) is 0 Å². The molecule has 0 aliphatic rings. The number of nitrogens with zero attached hydrogens (tertiary/aromatic N) is 4. The summed E-state index contributed by atoms with van der Waals surface area (Å²) in [5, 5.41) is 2.28. The lowest BCUT2D eigenvalue weighted by Gasteiger charge is -2.20. The number of hydrogen-bond acceptors (Lipinski definition) is 3. The van der Waals surface area contributed by atoms with Crippen LogP contribution in [0.5, 0.6) is 0 Å². The van der Waals surface area contributed by atoms with Gasteiger partial charge in [-0.25, -0.2) is 9.97 Å². The molecule has 48 heavy (non-hydrogen) atoms. The number of imidazole rings is 2. The van der Waals surface area contributed by atoms with Gasteiger partial charge in [0.2, 0.25) is 0 Å². The molecule has 240 valence electrons. The van der Waals surface area contributed by atoms with Crippen molar-refractivity contribution < 1.29 is 0 Å². The van der Waals surface area contributed by atoms with Crippen molar-refractivity contribution in [2.75, 3.05) is 0 Å². The van der Waals surface area contributed by atoms with Crippen molar-refractivity contribution in [3.8, 4) is 11.1 Å². The van der Waals surface area contributed by atoms with Crippen LogP contribution in [0.1, 0.15) is 33.5 Å². The highest BCUT2D eigenvalue weighted by Crippen LogP contribution is 2.38. The summed E-state index contributed by atoms with van der Waals surface area (Å²) >= 11 is 20.2. The standard InChI is InChI=1S/C22H18N2.C18H15Cl3N2S/c1-3-7-18(8-4-1)19-11-13-21(14-12-19)22(24-16-15-23-17-24)20-9-5-2-6-10-20;19-14-3-1-13(2-4-14)11-24-18(10-23-8-7-22-12-23)16-6-5-15(20)9-17(16)21/h1-17,22H;1-9,12,18H,10-11H2. The minimum absolute atomic E-state index is 0.138. The average Bonchev–Trinajstić information content (AvgIpc) is 3.85. The van der Waals surface area contributed by atoms with Gasteiger partial charge in [-0.05, 0) is 57.6 Å². The van der Waals surface area contributed by atoms with Crippen LogP contribution < -0.4 is 0 Å². The van der Waals surface area contributed by atoms with Gasteiger partial charge in [-0.3, -0.25) is 0 Å². The molecule has 7 aromatic rings. The Morgan fingerprint density at radius 1 is 0.604 bits per heavy atom. The summed E-state index contributed by atoms with van der Waals surface area (Å²) in [6, 6.07) is 43.5. The van der Waals surface area contributed by atoms with Crippen LogP contribution in [0.15, 0.2) is 165 Å². The molecule has 0 amide bonds. The lowest BCUT2D eigenvalue weighted by Crippen LogP contribution is -2.10. The van der Waals surface area contributed by atoms with Gasteiger partial charge in [0.1, 0.15) is 0 Å². The smallest absolute Gasteiger partial charge is 0.0954 e. The molecular weight excluding hydrogens is 675 g/mol. The van der Waals surface area contributed by atoms with Gasteiger partial charge in [0.05, 0.1) is 18.7 Å². The van der Waals surface area contributed by atoms with Crippen LogP contribution in [-0.2, 0) is 12.3 Å². The van der Waals surface area contributed by atoms with E-state index in [0.717, 1.165) is 22.9 Å². The number of thioether (sulfide) groups is 1. The number of aromatic nitrogens is 4. The summed E-state index contributed by atoms with van der Waals surface area (Å²) in [5.74, 6) is 0.871. The molecule has 0 aliphatic heterocycles. The Labute approximate surface area is 301 Å². The van der Waals surface area contributed by atoms with Gasteiger partial charge in [-0.1, -0.05) is 138 Å². The van der Waals surface area contributed by atoms with E-state index in [4.69, 9.17) is 34.8 Å². The molecule has 2 heterocycles. The maximum absolute atomic E-state index is 6.43. The molecule has 8 heteroatoms. The summed E-state index contributed by atoms with van der Waals surface area (Å²) in [6.45, 7) is 0.791. The van der Waals surface area contributed by atoms with Crippen LogP contribution in [0.2, 0.25) is 15.1 Å². The highest BCUT2D eigenvalue weighted by Gasteiger charge is 2.18. The normalized spacial score (nSPS) is 12.1. The fourth-order valence-electron chi connectivity index (χ4n) is 5.45. The predicted molar refractivity (Wildman–Crippen MR) is 202 cm³/mol. The van der Waals surface area contributed by atoms with Crippen molar-refractivity contribution >= 4 is 46.6 Å². The molecule has 2 aromatic heterocycles. The third kappa shape index (κ3) is 9.00. The van der Waals surface area contributed by atoms with E-state index in [1.165, 1.54) is 27.8 Å². The first-order valence-corrected chi connectivity index (χ1v) is 17.7. The zero-order valence-electron chi connectivity index (χ0n) is 26.0. The Hall–Kier alpha value is -4.26. The molecule has 0 N–H and O–H groups in total. The van der Waals surface area contributed by atoms with E-state index in [0.29, 0.717) is 10.0 Å². The largest absolute Gasteiger partial charge is 0.336 e. The Bertz CT molecular complexity index is 1970. The number of rotatable bonds is 10. The van der Waals surface area contributed by atoms with Crippen molar-refractivity contribution in [1.29, 1.82) is 0 Å². The fraction of sp³-hybridized carbons (Fsp3) is 0.100. The Kier molecular flexibility index (Phi) is 11.7. The SMILES string of the molecule is Clc1ccc(CSC(Cn2ccnc2)c2ccc(Cl)cc2Cl)cc1.c1ccc(-c2ccc(C(c3ccccc3)n3ccnc3)cc2)cc1. The monoisotopic (exact) mass is 706 g/mol. The van der Waals surface area contributed by atoms with Gasteiger partial charge in [0.25, 0.3) is 0 Å². The molecule has 2 atom stereocenters. The minimum Gasteiger partial charge on any atom is -0.336 e. The second-order valence-corrected chi connectivity index (χ2v) is 13.6. The average molecular weight is 708 g/mol. The van der Waals surface area contributed by atoms with Gasteiger partial charge in [-0.15, -0.1) is 11.8 Å². The zero-order valence-corrected chi connectivity index (χ0v) is 29.1. The van der Waals surface area contributed by atoms with Crippen molar-refractivity contribution in [2.45, 2.75) is 23.6 Å². The van der Waals surface area contributed by atoms with Crippen LogP contribution in [0.25, 0.3) is 11.1 Å². The molecule has 0 aliphatic carbocycles. The quantitative estimate of drug-likeness (QED) is 0.142. The van der Waals surface area contributed by atoms with Gasteiger partial charge >= 0.3 is 0 Å². The van der Waals surface area contributed by atoms with E-state index >= 15 is 0 Å². The lowest BCUT2D eigenvalue weighted by molar-refractivity contribution is 0.677. The molecule has 7 rings (SSSR count). The summed E-state index contributed by atoms with van der Waals surface area (Å²) < 4.78 is 4.21. The topological polar surface area (TPSA) is 35.6 Å². The van der Waals surface area contributed by atoms with E-state index in [2.05, 4.69) is 91.9 Å². The first-order valence-electron chi connectivity index (χ1n) is 15.5. The van der Waals surface area contributed by atoms with Gasteiger partial charge in [0, 0.05) is 57.4 Å². The van der Waals surface area contributed by atoms with E-state index < -0.39 is 0 Å². The van der Waals surface area contributed by atoms with Crippen LogP contribution in [0.4, 0.5) is 0 Å². The van der Waals surface area contributed by atoms with Crippen LogP contribution in [0, 0.1) is 0 Å². The first-order chi connectivity index (χ1) is 23.5. The molecule has 0 saturated carbocycles. The number of benzene rings is 5. The second-order valence-electron chi connectivity index (χ2n) is 11.2. The molecule has 0 fully saturated rings. The lowest BCUT2D eigenvalue weighted by atomic mass is 9.96. The van der Waals surface area contributed by atoms with Gasteiger partial charge in [-0.2, -0.15) is 0 Å². The van der Waals surface area contributed by atoms with E-state index in [-0.39, 0.29) is 11.3 Å². The zero-order chi connectivity index (χ0) is 33.1. The molecule has 0 saturated heterocycles. The van der Waals surface area contributed by atoms with Gasteiger partial charge in [0.15, 0.2) is 0 Å². The Morgan fingerprint density at radius 2 is 1.23 bits per heavy atom. The van der Waals surface area contributed by atoms with Crippen molar-refractivity contribution in [1.82, 2.24) is 19.1 Å². The second kappa shape index (κ2) is 16.7. The van der Waals surface area contributed by atoms with Crippen LogP contribution in [-0.4, -0.2) is 19.1 Å². The van der Waals surface area contributed by atoms with E-state index in [1.54, 1.807) is 12.3 Å². The van der Waals surface area contributed by atoms with Crippen molar-refractivity contribution in [3.63, 3.8) is 0 Å². The van der Waals surface area contributed by atoms with Crippen LogP contribution in [0.3, 0.4) is 0 Å². The summed E-state index contributed by atoms with van der Waals surface area (Å²) in [7, 11) is 0. The van der Waals surface area contributed by atoms with Crippen LogP contribution >= 0.6 is 46.6 Å². The third-order valence-electron chi connectivity index (χ3n) is 7.88. The molecule has 0 bridgehead atoms. The number of hydrogen-bond donors (Lipinski definition) is 0. The number of halogens is 3. The van der Waals surface area contributed by atoms with E-state index in [1.807, 2.05) is 91.5 Å². The molecule has 4 nitrogen and oxygen atoms in total. The highest BCUT2D eigenvalue weighted by atomic mass is 35.5. The van der Waals surface area contributed by atoms with Crippen molar-refractivity contribution in [3.05, 3.63) is 202 Å². The fourth-order valence-corrected chi connectivity index (χ4v) is 7.43. The molecular formula is C40H33Cl3N4S. The third-order valence-corrected chi connectivity index (χ3v) is 10.0. The Morgan fingerprint density at radius 3 is 1.88 bits per heavy atom. The minimum atomic E-state index is 0.138. The highest BCUT2D eigenvalue weighted by molar-refractivity contribution is 7.98. The Balaban J connectivity index is 0.000000167. The predicted octanol–water partition coefficient (Wildman–Crippen LogP) is 11.7. The maximum atomic E-state index is 6.43. The molecule has 0 radical (unpaired) electrons. The summed E-state index contributed by atoms with van der Waals surface area (Å²) in [6.07, 6.45) is 11.3. The molecule has 5 aromatic carbocycles. The molecule has 2 unspecified atom stereocenters. The van der Waals surface area contributed by atoms with Gasteiger partial charge < -0.3 is 9.13 Å². The van der Waals surface area contributed by atoms with Crippen molar-refractivity contribution in [2.24, 2.45) is 0 Å². The summed E-state index contributed by atoms with van der Waals surface area (Å²) in [4.78, 5) is 8.34. The first kappa shape index (κ1) is 33.6. The maximum Gasteiger partial charge on any atom is 0.0954 e. The molecule has 0 spiro atoms. The summed E-state index contributed by atoms with van der Waals surface area (Å²) in [5.41, 5.74) is 7.28.